The lowest BCUT2D eigenvalue weighted by Crippen LogP contribution is -2.01. The molecule has 0 fully saturated rings. The highest BCUT2D eigenvalue weighted by molar-refractivity contribution is 7.21. The third kappa shape index (κ3) is 6.09. The first kappa shape index (κ1) is 27.0. The number of thiophene rings is 2. The quantitative estimate of drug-likeness (QED) is 0.153. The summed E-state index contributed by atoms with van der Waals surface area (Å²) in [5.41, 5.74) is 1.56. The lowest BCUT2D eigenvalue weighted by Gasteiger charge is -2.07. The number of carbonyl (C=O) groups is 4. The fourth-order valence-corrected chi connectivity index (χ4v) is 6.04. The van der Waals surface area contributed by atoms with Crippen molar-refractivity contribution in [3.63, 3.8) is 0 Å². The number of hydrogen-bond acceptors (Lipinski definition) is 8. The molecule has 0 radical (unpaired) electrons. The van der Waals surface area contributed by atoms with E-state index in [1.54, 1.807) is 26.4 Å². The SMILES string of the molecule is COc1cc2cc(C(=O)CCC(=O)O)sc2cc1/C=C\c1cc2sc(C(=O)CCC(=O)O)cc2cc1OC. The Morgan fingerprint density at radius 1 is 0.658 bits per heavy atom. The molecule has 8 nitrogen and oxygen atoms in total. The summed E-state index contributed by atoms with van der Waals surface area (Å²) in [6.07, 6.45) is 3.23. The maximum Gasteiger partial charge on any atom is 0.303 e. The summed E-state index contributed by atoms with van der Waals surface area (Å²) in [6, 6.07) is 11.0. The van der Waals surface area contributed by atoms with Gasteiger partial charge in [0.25, 0.3) is 0 Å². The molecule has 2 aromatic heterocycles. The molecule has 0 aliphatic heterocycles. The average molecular weight is 553 g/mol. The second-order valence-electron chi connectivity index (χ2n) is 8.45. The fourth-order valence-electron chi connectivity index (χ4n) is 3.92. The fraction of sp³-hybridized carbons (Fsp3) is 0.214. The van der Waals surface area contributed by atoms with Gasteiger partial charge >= 0.3 is 11.9 Å². The van der Waals surface area contributed by atoms with Crippen molar-refractivity contribution in [2.24, 2.45) is 0 Å². The summed E-state index contributed by atoms with van der Waals surface area (Å²) in [5.74, 6) is -1.22. The highest BCUT2D eigenvalue weighted by Crippen LogP contribution is 2.36. The monoisotopic (exact) mass is 552 g/mol. The Morgan fingerprint density at radius 2 is 1.05 bits per heavy atom. The van der Waals surface area contributed by atoms with Crippen LogP contribution in [0, 0.1) is 0 Å². The van der Waals surface area contributed by atoms with Gasteiger partial charge in [-0.05, 0) is 47.2 Å². The molecule has 4 rings (SSSR count). The first-order chi connectivity index (χ1) is 18.2. The number of fused-ring (bicyclic) bond motifs is 2. The molecule has 0 aliphatic rings. The molecule has 0 saturated heterocycles. The predicted molar refractivity (Wildman–Crippen MR) is 148 cm³/mol. The number of carboxylic acids is 2. The first-order valence-corrected chi connectivity index (χ1v) is 13.2. The van der Waals surface area contributed by atoms with Crippen molar-refractivity contribution in [3.8, 4) is 11.5 Å². The molecule has 0 saturated carbocycles. The van der Waals surface area contributed by atoms with Crippen molar-refractivity contribution in [3.05, 3.63) is 57.3 Å². The molecule has 2 aromatic carbocycles. The Kier molecular flexibility index (Phi) is 8.23. The third-order valence-electron chi connectivity index (χ3n) is 5.86. The zero-order chi connectivity index (χ0) is 27.4. The van der Waals surface area contributed by atoms with Gasteiger partial charge < -0.3 is 19.7 Å². The Balaban J connectivity index is 1.64. The normalized spacial score (nSPS) is 11.3. The van der Waals surface area contributed by atoms with Gasteiger partial charge in [-0.3, -0.25) is 19.2 Å². The van der Waals surface area contributed by atoms with E-state index in [1.807, 2.05) is 36.4 Å². The molecule has 2 heterocycles. The molecular formula is C28H24O8S2. The summed E-state index contributed by atoms with van der Waals surface area (Å²) in [4.78, 5) is 47.4. The molecule has 2 N–H and O–H groups in total. The molecule has 196 valence electrons. The smallest absolute Gasteiger partial charge is 0.303 e. The van der Waals surface area contributed by atoms with Crippen LogP contribution in [0.1, 0.15) is 56.2 Å². The summed E-state index contributed by atoms with van der Waals surface area (Å²) in [5, 5.41) is 19.4. The van der Waals surface area contributed by atoms with Crippen molar-refractivity contribution in [1.29, 1.82) is 0 Å². The van der Waals surface area contributed by atoms with Crippen LogP contribution >= 0.6 is 22.7 Å². The number of rotatable bonds is 12. The van der Waals surface area contributed by atoms with E-state index in [9.17, 15) is 19.2 Å². The number of carbonyl (C=O) groups excluding carboxylic acids is 2. The zero-order valence-electron chi connectivity index (χ0n) is 20.6. The van der Waals surface area contributed by atoms with Crippen LogP contribution in [0.5, 0.6) is 11.5 Å². The van der Waals surface area contributed by atoms with Crippen molar-refractivity contribution < 1.29 is 38.9 Å². The van der Waals surface area contributed by atoms with Gasteiger partial charge in [0, 0.05) is 33.4 Å². The minimum Gasteiger partial charge on any atom is -0.496 e. The Labute approximate surface area is 225 Å². The number of hydrogen-bond donors (Lipinski definition) is 2. The Morgan fingerprint density at radius 3 is 1.39 bits per heavy atom. The maximum atomic E-state index is 12.4. The Hall–Kier alpha value is -4.02. The van der Waals surface area contributed by atoms with Crippen molar-refractivity contribution >= 4 is 78.5 Å². The molecular weight excluding hydrogens is 528 g/mol. The molecule has 4 aromatic rings. The topological polar surface area (TPSA) is 127 Å². The highest BCUT2D eigenvalue weighted by Gasteiger charge is 2.16. The van der Waals surface area contributed by atoms with E-state index in [0.717, 1.165) is 31.3 Å². The number of ketones is 2. The molecule has 0 unspecified atom stereocenters. The minimum atomic E-state index is -1.01. The van der Waals surface area contributed by atoms with Crippen LogP contribution in [0.25, 0.3) is 32.3 Å². The highest BCUT2D eigenvalue weighted by atomic mass is 32.1. The summed E-state index contributed by atoms with van der Waals surface area (Å²) >= 11 is 2.62. The number of Topliss-reactive ketones (excluding diaryl/α,β-unsaturated/α-hetero) is 2. The second kappa shape index (κ2) is 11.6. The number of benzene rings is 2. The minimum absolute atomic E-state index is 0.0517. The number of aliphatic carboxylic acids is 2. The van der Waals surface area contributed by atoms with E-state index in [0.29, 0.717) is 21.3 Å². The van der Waals surface area contributed by atoms with E-state index in [2.05, 4.69) is 0 Å². The van der Waals surface area contributed by atoms with Crippen LogP contribution in [-0.4, -0.2) is 47.9 Å². The van der Waals surface area contributed by atoms with Crippen LogP contribution < -0.4 is 9.47 Å². The van der Waals surface area contributed by atoms with E-state index < -0.39 is 11.9 Å². The van der Waals surface area contributed by atoms with Gasteiger partial charge in [0.15, 0.2) is 11.6 Å². The van der Waals surface area contributed by atoms with Crippen LogP contribution in [0.3, 0.4) is 0 Å². The van der Waals surface area contributed by atoms with Gasteiger partial charge in [0.1, 0.15) is 11.5 Å². The van der Waals surface area contributed by atoms with Gasteiger partial charge in [0.2, 0.25) is 0 Å². The van der Waals surface area contributed by atoms with E-state index in [4.69, 9.17) is 19.7 Å². The lowest BCUT2D eigenvalue weighted by molar-refractivity contribution is -0.137. The van der Waals surface area contributed by atoms with Gasteiger partial charge in [-0.2, -0.15) is 0 Å². The Bertz CT molecular complexity index is 1470. The standard InChI is InChI=1S/C28H24O8S2/c1-35-21-9-17-13-25(19(29)5-7-27(31)32)37-23(17)11-15(21)3-4-16-12-24-18(10-22(16)36-2)14-26(38-24)20(30)6-8-28(33)34/h3-4,9-14H,5-8H2,1-2H3,(H,31,32)(H,33,34)/b4-3-. The molecule has 10 heteroatoms. The van der Waals surface area contributed by atoms with Crippen molar-refractivity contribution in [1.82, 2.24) is 0 Å². The molecule has 38 heavy (non-hydrogen) atoms. The van der Waals surface area contributed by atoms with Gasteiger partial charge in [-0.1, -0.05) is 12.2 Å². The van der Waals surface area contributed by atoms with Gasteiger partial charge in [-0.25, -0.2) is 0 Å². The van der Waals surface area contributed by atoms with Gasteiger partial charge in [-0.15, -0.1) is 22.7 Å². The molecule has 0 amide bonds. The largest absolute Gasteiger partial charge is 0.496 e. The number of ether oxygens (including phenoxy) is 2. The summed E-state index contributed by atoms with van der Waals surface area (Å²) < 4.78 is 12.9. The number of carboxylic acid groups (broad SMARTS) is 2. The zero-order valence-corrected chi connectivity index (χ0v) is 22.2. The van der Waals surface area contributed by atoms with Crippen molar-refractivity contribution in [2.75, 3.05) is 14.2 Å². The predicted octanol–water partition coefficient (Wildman–Crippen LogP) is 6.40. The van der Waals surface area contributed by atoms with E-state index in [1.165, 1.54) is 22.7 Å². The number of methoxy groups -OCH3 is 2. The van der Waals surface area contributed by atoms with Crippen LogP contribution in [-0.2, 0) is 9.59 Å². The van der Waals surface area contributed by atoms with Crippen LogP contribution in [0.15, 0.2) is 36.4 Å². The molecule has 0 aliphatic carbocycles. The van der Waals surface area contributed by atoms with Gasteiger partial charge in [0.05, 0.1) is 36.8 Å². The van der Waals surface area contributed by atoms with E-state index in [-0.39, 0.29) is 37.2 Å². The maximum absolute atomic E-state index is 12.4. The van der Waals surface area contributed by atoms with Crippen molar-refractivity contribution in [2.45, 2.75) is 25.7 Å². The lowest BCUT2D eigenvalue weighted by atomic mass is 10.1. The van der Waals surface area contributed by atoms with Crippen LogP contribution in [0.2, 0.25) is 0 Å². The summed E-state index contributed by atoms with van der Waals surface area (Å²) in [6.45, 7) is 0. The van der Waals surface area contributed by atoms with Crippen LogP contribution in [0.4, 0.5) is 0 Å². The molecule has 0 atom stereocenters. The third-order valence-corrected chi connectivity index (χ3v) is 8.14. The summed E-state index contributed by atoms with van der Waals surface area (Å²) in [7, 11) is 3.12. The molecule has 0 bridgehead atoms. The second-order valence-corrected chi connectivity index (χ2v) is 10.6. The molecule has 0 spiro atoms. The van der Waals surface area contributed by atoms with E-state index >= 15 is 0 Å². The average Bonchev–Trinajstić information content (AvgIpc) is 3.51. The first-order valence-electron chi connectivity index (χ1n) is 11.6.